The zero-order valence-corrected chi connectivity index (χ0v) is 13.7. The molecule has 0 aromatic heterocycles. The summed E-state index contributed by atoms with van der Waals surface area (Å²) >= 11 is 5.47. The molecular formula is C18H24N2S. The first-order chi connectivity index (χ1) is 10.2. The largest absolute Gasteiger partial charge is 0.350 e. The summed E-state index contributed by atoms with van der Waals surface area (Å²) in [7, 11) is 0. The van der Waals surface area contributed by atoms with E-state index >= 15 is 0 Å². The molecule has 1 aromatic carbocycles. The fourth-order valence-electron chi connectivity index (χ4n) is 2.39. The SMILES string of the molecule is CCc1cccc(NC(=S)CC2=NCCC(C)CC=C2)c1. The van der Waals surface area contributed by atoms with E-state index in [-0.39, 0.29) is 0 Å². The van der Waals surface area contributed by atoms with Crippen molar-refractivity contribution in [1.82, 2.24) is 0 Å². The molecule has 0 radical (unpaired) electrons. The molecule has 0 aliphatic carbocycles. The lowest BCUT2D eigenvalue weighted by molar-refractivity contribution is 0.547. The van der Waals surface area contributed by atoms with E-state index in [2.05, 4.69) is 60.6 Å². The maximum Gasteiger partial charge on any atom is 0.0857 e. The van der Waals surface area contributed by atoms with Crippen LogP contribution in [0, 0.1) is 5.92 Å². The number of benzene rings is 1. The van der Waals surface area contributed by atoms with Crippen LogP contribution in [0.1, 0.15) is 38.7 Å². The molecule has 1 aliphatic heterocycles. The van der Waals surface area contributed by atoms with Gasteiger partial charge in [0.2, 0.25) is 0 Å². The fourth-order valence-corrected chi connectivity index (χ4v) is 2.65. The van der Waals surface area contributed by atoms with Crippen molar-refractivity contribution in [3.8, 4) is 0 Å². The molecule has 1 aromatic rings. The van der Waals surface area contributed by atoms with Gasteiger partial charge in [0.15, 0.2) is 0 Å². The highest BCUT2D eigenvalue weighted by atomic mass is 32.1. The minimum atomic E-state index is 0.719. The van der Waals surface area contributed by atoms with E-state index in [9.17, 15) is 0 Å². The van der Waals surface area contributed by atoms with Gasteiger partial charge in [-0.15, -0.1) is 0 Å². The minimum absolute atomic E-state index is 0.719. The Morgan fingerprint density at radius 1 is 1.43 bits per heavy atom. The van der Waals surface area contributed by atoms with Crippen LogP contribution in [0.15, 0.2) is 41.4 Å². The van der Waals surface area contributed by atoms with Crippen LogP contribution in [-0.2, 0) is 6.42 Å². The van der Waals surface area contributed by atoms with E-state index in [1.165, 1.54) is 5.56 Å². The summed E-state index contributed by atoms with van der Waals surface area (Å²) in [6, 6.07) is 8.42. The summed E-state index contributed by atoms with van der Waals surface area (Å²) < 4.78 is 0. The van der Waals surface area contributed by atoms with Crippen LogP contribution in [0.4, 0.5) is 5.69 Å². The van der Waals surface area contributed by atoms with Crippen LogP contribution in [-0.4, -0.2) is 17.2 Å². The Bertz CT molecular complexity index is 546. The quantitative estimate of drug-likeness (QED) is 0.807. The van der Waals surface area contributed by atoms with E-state index in [1.54, 1.807) is 0 Å². The lowest BCUT2D eigenvalue weighted by Crippen LogP contribution is -2.15. The van der Waals surface area contributed by atoms with Crippen LogP contribution in [0.5, 0.6) is 0 Å². The maximum atomic E-state index is 5.47. The van der Waals surface area contributed by atoms with Gasteiger partial charge in [-0.25, -0.2) is 0 Å². The van der Waals surface area contributed by atoms with Gasteiger partial charge >= 0.3 is 0 Å². The standard InChI is InChI=1S/C18H24N2S/c1-3-15-7-5-9-17(12-15)20-18(21)13-16-8-4-6-14(2)10-11-19-16/h4-5,7-9,12,14H,3,6,10-11,13H2,1-2H3,(H,20,21). The van der Waals surface area contributed by atoms with Crippen LogP contribution in [0.25, 0.3) is 0 Å². The zero-order valence-electron chi connectivity index (χ0n) is 12.9. The van der Waals surface area contributed by atoms with Gasteiger partial charge in [0, 0.05) is 24.4 Å². The van der Waals surface area contributed by atoms with Crippen molar-refractivity contribution in [2.75, 3.05) is 11.9 Å². The smallest absolute Gasteiger partial charge is 0.0857 e. The summed E-state index contributed by atoms with van der Waals surface area (Å²) in [6.07, 6.45) is 8.41. The van der Waals surface area contributed by atoms with Crippen molar-refractivity contribution in [1.29, 1.82) is 0 Å². The minimum Gasteiger partial charge on any atom is -0.350 e. The molecule has 0 bridgehead atoms. The monoisotopic (exact) mass is 300 g/mol. The number of thiocarbonyl (C=S) groups is 1. The van der Waals surface area contributed by atoms with Gasteiger partial charge in [0.05, 0.1) is 4.99 Å². The summed E-state index contributed by atoms with van der Waals surface area (Å²) in [6.45, 7) is 5.35. The highest BCUT2D eigenvalue weighted by molar-refractivity contribution is 7.80. The number of hydrogen-bond donors (Lipinski definition) is 1. The summed E-state index contributed by atoms with van der Waals surface area (Å²) in [5.74, 6) is 0.730. The zero-order chi connectivity index (χ0) is 15.1. The third kappa shape index (κ3) is 5.43. The third-order valence-electron chi connectivity index (χ3n) is 3.75. The van der Waals surface area contributed by atoms with E-state index in [1.807, 2.05) is 0 Å². The number of aliphatic imine (C=N–C) groups is 1. The van der Waals surface area contributed by atoms with E-state index < -0.39 is 0 Å². The lowest BCUT2D eigenvalue weighted by Gasteiger charge is -2.12. The first-order valence-electron chi connectivity index (χ1n) is 7.76. The fraction of sp³-hybridized carbons (Fsp3) is 0.444. The third-order valence-corrected chi connectivity index (χ3v) is 3.99. The van der Waals surface area contributed by atoms with Gasteiger partial charge in [0.1, 0.15) is 0 Å². The van der Waals surface area contributed by atoms with Crippen LogP contribution >= 0.6 is 12.2 Å². The van der Waals surface area contributed by atoms with Gasteiger partial charge < -0.3 is 5.32 Å². The Kier molecular flexibility index (Phi) is 6.12. The molecule has 0 saturated carbocycles. The van der Waals surface area contributed by atoms with Crippen molar-refractivity contribution in [2.24, 2.45) is 10.9 Å². The van der Waals surface area contributed by atoms with Gasteiger partial charge in [-0.05, 0) is 49.0 Å². The average molecular weight is 300 g/mol. The van der Waals surface area contributed by atoms with Crippen molar-refractivity contribution in [3.05, 3.63) is 42.0 Å². The number of nitrogens with zero attached hydrogens (tertiary/aromatic N) is 1. The molecule has 1 aliphatic rings. The number of allylic oxidation sites excluding steroid dienone is 2. The molecule has 2 nitrogen and oxygen atoms in total. The first kappa shape index (κ1) is 15.9. The highest BCUT2D eigenvalue weighted by Crippen LogP contribution is 2.14. The molecule has 2 rings (SSSR count). The van der Waals surface area contributed by atoms with Gasteiger partial charge in [-0.3, -0.25) is 4.99 Å². The van der Waals surface area contributed by atoms with Gasteiger partial charge in [0.25, 0.3) is 0 Å². The van der Waals surface area contributed by atoms with Crippen molar-refractivity contribution in [2.45, 2.75) is 39.5 Å². The predicted octanol–water partition coefficient (Wildman–Crippen LogP) is 4.81. The van der Waals surface area contributed by atoms with E-state index in [0.717, 1.165) is 54.5 Å². The molecular weight excluding hydrogens is 276 g/mol. The molecule has 0 spiro atoms. The van der Waals surface area contributed by atoms with Crippen molar-refractivity contribution < 1.29 is 0 Å². The topological polar surface area (TPSA) is 24.4 Å². The average Bonchev–Trinajstić information content (AvgIpc) is 2.45. The first-order valence-corrected chi connectivity index (χ1v) is 8.17. The number of hydrogen-bond acceptors (Lipinski definition) is 2. The number of aryl methyl sites for hydroxylation is 1. The van der Waals surface area contributed by atoms with E-state index in [0.29, 0.717) is 0 Å². The lowest BCUT2D eigenvalue weighted by atomic mass is 10.0. The van der Waals surface area contributed by atoms with Crippen LogP contribution in [0.3, 0.4) is 0 Å². The Morgan fingerprint density at radius 2 is 2.29 bits per heavy atom. The molecule has 1 heterocycles. The molecule has 1 N–H and O–H groups in total. The summed E-state index contributed by atoms with van der Waals surface area (Å²) in [5.41, 5.74) is 3.48. The second-order valence-corrected chi connectivity index (χ2v) is 6.18. The molecule has 21 heavy (non-hydrogen) atoms. The molecule has 0 saturated heterocycles. The molecule has 1 atom stereocenters. The van der Waals surface area contributed by atoms with Crippen molar-refractivity contribution in [3.63, 3.8) is 0 Å². The number of anilines is 1. The van der Waals surface area contributed by atoms with Gasteiger partial charge in [-0.2, -0.15) is 0 Å². The molecule has 0 fully saturated rings. The Labute approximate surface area is 133 Å². The molecule has 0 amide bonds. The van der Waals surface area contributed by atoms with E-state index in [4.69, 9.17) is 12.2 Å². The number of nitrogens with one attached hydrogen (secondary N) is 1. The Morgan fingerprint density at radius 3 is 3.10 bits per heavy atom. The second-order valence-electron chi connectivity index (χ2n) is 5.68. The van der Waals surface area contributed by atoms with Crippen molar-refractivity contribution >= 4 is 28.6 Å². The predicted molar refractivity (Wildman–Crippen MR) is 96.5 cm³/mol. The number of rotatable bonds is 4. The highest BCUT2D eigenvalue weighted by Gasteiger charge is 2.06. The summed E-state index contributed by atoms with van der Waals surface area (Å²) in [4.78, 5) is 5.48. The molecule has 112 valence electrons. The molecule has 1 unspecified atom stereocenters. The normalized spacial score (nSPS) is 18.6. The second kappa shape index (κ2) is 8.08. The summed E-state index contributed by atoms with van der Waals surface area (Å²) in [5, 5.41) is 3.33. The maximum absolute atomic E-state index is 5.47. The van der Waals surface area contributed by atoms with Crippen LogP contribution < -0.4 is 5.32 Å². The Hall–Kier alpha value is -1.48. The molecule has 3 heteroatoms. The van der Waals surface area contributed by atoms with Crippen LogP contribution in [0.2, 0.25) is 0 Å². The van der Waals surface area contributed by atoms with Gasteiger partial charge in [-0.1, -0.05) is 44.3 Å². The Balaban J connectivity index is 1.93.